The van der Waals surface area contributed by atoms with Crippen molar-refractivity contribution in [3.63, 3.8) is 0 Å². The van der Waals surface area contributed by atoms with E-state index in [9.17, 15) is 10.1 Å². The van der Waals surface area contributed by atoms with Crippen LogP contribution >= 0.6 is 11.6 Å². The zero-order chi connectivity index (χ0) is 18.1. The number of aryl methyl sites for hydroxylation is 2. The lowest BCUT2D eigenvalue weighted by Crippen LogP contribution is -2.06. The second-order valence-corrected chi connectivity index (χ2v) is 6.29. The molecule has 3 aromatic rings. The number of hydrogen-bond donors (Lipinski definition) is 0. The van der Waals surface area contributed by atoms with E-state index >= 15 is 0 Å². The summed E-state index contributed by atoms with van der Waals surface area (Å²) in [6.07, 6.45) is 0. The molecule has 130 valence electrons. The highest BCUT2D eigenvalue weighted by molar-refractivity contribution is 6.30. The van der Waals surface area contributed by atoms with Gasteiger partial charge in [0.25, 0.3) is 0 Å². The van der Waals surface area contributed by atoms with Crippen LogP contribution in [0.2, 0.25) is 5.15 Å². The largest absolute Gasteiger partial charge is 0.312 e. The van der Waals surface area contributed by atoms with Crippen LogP contribution in [0.15, 0.2) is 30.3 Å². The number of benzene rings is 1. The molecule has 0 fully saturated rings. The Bertz CT molecular complexity index is 930. The van der Waals surface area contributed by atoms with Crippen LogP contribution in [0.5, 0.6) is 0 Å². The van der Waals surface area contributed by atoms with Gasteiger partial charge in [0.15, 0.2) is 0 Å². The van der Waals surface area contributed by atoms with Crippen molar-refractivity contribution in [1.29, 1.82) is 0 Å². The minimum atomic E-state index is -0.401. The molecular weight excluding hydrogens is 342 g/mol. The van der Waals surface area contributed by atoms with Crippen molar-refractivity contribution in [1.82, 2.24) is 19.6 Å². The Labute approximate surface area is 150 Å². The predicted molar refractivity (Wildman–Crippen MR) is 95.0 cm³/mol. The fourth-order valence-corrected chi connectivity index (χ4v) is 3.18. The van der Waals surface area contributed by atoms with Crippen molar-refractivity contribution < 1.29 is 4.92 Å². The van der Waals surface area contributed by atoms with Gasteiger partial charge in [-0.15, -0.1) is 0 Å². The monoisotopic (exact) mass is 359 g/mol. The SMILES string of the molecule is Cc1nn(Cc2ccccc2)c(Cl)c1Cn1nc(C)c([N+](=O)[O-])c1C. The van der Waals surface area contributed by atoms with E-state index in [1.165, 1.54) is 0 Å². The standard InChI is InChI=1S/C17H18ClN5O2/c1-11-15(10-21-13(3)16(23(24)25)12(2)20-21)17(18)22(19-11)9-14-7-5-4-6-8-14/h4-8H,9-10H2,1-3H3. The van der Waals surface area contributed by atoms with Gasteiger partial charge in [-0.3, -0.25) is 14.8 Å². The van der Waals surface area contributed by atoms with E-state index in [-0.39, 0.29) is 5.69 Å². The van der Waals surface area contributed by atoms with Crippen molar-refractivity contribution in [2.45, 2.75) is 33.9 Å². The van der Waals surface area contributed by atoms with E-state index in [0.29, 0.717) is 29.6 Å². The van der Waals surface area contributed by atoms with Gasteiger partial charge in [0.05, 0.1) is 23.7 Å². The summed E-state index contributed by atoms with van der Waals surface area (Å²) in [5.74, 6) is 0. The van der Waals surface area contributed by atoms with Gasteiger partial charge in [-0.1, -0.05) is 41.9 Å². The molecule has 0 spiro atoms. The van der Waals surface area contributed by atoms with Gasteiger partial charge < -0.3 is 0 Å². The maximum atomic E-state index is 11.2. The van der Waals surface area contributed by atoms with E-state index in [4.69, 9.17) is 11.6 Å². The topological polar surface area (TPSA) is 78.8 Å². The van der Waals surface area contributed by atoms with Crippen molar-refractivity contribution >= 4 is 17.3 Å². The highest BCUT2D eigenvalue weighted by atomic mass is 35.5. The molecule has 0 unspecified atom stereocenters. The molecule has 0 aliphatic carbocycles. The molecule has 2 heterocycles. The molecular formula is C17H18ClN5O2. The summed E-state index contributed by atoms with van der Waals surface area (Å²) in [6, 6.07) is 9.92. The van der Waals surface area contributed by atoms with Crippen LogP contribution in [-0.2, 0) is 13.1 Å². The molecule has 0 aliphatic rings. The molecule has 1 aromatic carbocycles. The van der Waals surface area contributed by atoms with E-state index < -0.39 is 4.92 Å². The lowest BCUT2D eigenvalue weighted by atomic mass is 10.2. The smallest absolute Gasteiger partial charge is 0.258 e. The maximum Gasteiger partial charge on any atom is 0.312 e. The van der Waals surface area contributed by atoms with E-state index in [1.54, 1.807) is 23.2 Å². The minimum absolute atomic E-state index is 0.0467. The van der Waals surface area contributed by atoms with Crippen LogP contribution in [0.25, 0.3) is 0 Å². The van der Waals surface area contributed by atoms with E-state index in [2.05, 4.69) is 10.2 Å². The average Bonchev–Trinajstić information content (AvgIpc) is 2.99. The molecule has 3 rings (SSSR count). The van der Waals surface area contributed by atoms with Gasteiger partial charge in [0, 0.05) is 5.56 Å². The molecule has 0 saturated carbocycles. The molecule has 0 amide bonds. The lowest BCUT2D eigenvalue weighted by Gasteiger charge is -2.05. The summed E-state index contributed by atoms with van der Waals surface area (Å²) >= 11 is 6.52. The Morgan fingerprint density at radius 2 is 1.68 bits per heavy atom. The fraction of sp³-hybridized carbons (Fsp3) is 0.294. The zero-order valence-corrected chi connectivity index (χ0v) is 15.0. The first-order valence-electron chi connectivity index (χ1n) is 7.82. The minimum Gasteiger partial charge on any atom is -0.258 e. The van der Waals surface area contributed by atoms with Crippen LogP contribution in [0.4, 0.5) is 5.69 Å². The molecule has 0 saturated heterocycles. The van der Waals surface area contributed by atoms with E-state index in [1.807, 2.05) is 37.3 Å². The first-order chi connectivity index (χ1) is 11.9. The van der Waals surface area contributed by atoms with Crippen LogP contribution < -0.4 is 0 Å². The third-order valence-corrected chi connectivity index (χ3v) is 4.62. The number of nitro groups is 1. The summed E-state index contributed by atoms with van der Waals surface area (Å²) < 4.78 is 3.35. The molecule has 7 nitrogen and oxygen atoms in total. The summed E-state index contributed by atoms with van der Waals surface area (Å²) in [7, 11) is 0. The van der Waals surface area contributed by atoms with Crippen molar-refractivity contribution in [2.75, 3.05) is 0 Å². The number of hydrogen-bond acceptors (Lipinski definition) is 4. The number of rotatable bonds is 5. The summed E-state index contributed by atoms with van der Waals surface area (Å²) in [4.78, 5) is 10.8. The number of halogens is 1. The van der Waals surface area contributed by atoms with Crippen LogP contribution in [0.1, 0.15) is 28.2 Å². The normalized spacial score (nSPS) is 11.0. The molecule has 0 radical (unpaired) electrons. The van der Waals surface area contributed by atoms with Gasteiger partial charge in [-0.25, -0.2) is 4.68 Å². The predicted octanol–water partition coefficient (Wildman–Crippen LogP) is 3.66. The average molecular weight is 360 g/mol. The molecule has 0 bridgehead atoms. The maximum absolute atomic E-state index is 11.2. The summed E-state index contributed by atoms with van der Waals surface area (Å²) in [6.45, 7) is 6.12. The highest BCUT2D eigenvalue weighted by Gasteiger charge is 2.23. The Hall–Kier alpha value is -2.67. The van der Waals surface area contributed by atoms with Crippen LogP contribution in [-0.4, -0.2) is 24.5 Å². The van der Waals surface area contributed by atoms with Gasteiger partial charge in [-0.05, 0) is 26.3 Å². The molecule has 25 heavy (non-hydrogen) atoms. The van der Waals surface area contributed by atoms with Crippen molar-refractivity contribution in [3.05, 3.63) is 73.8 Å². The quantitative estimate of drug-likeness (QED) is 0.514. The summed E-state index contributed by atoms with van der Waals surface area (Å²) in [5.41, 5.74) is 3.65. The second kappa shape index (κ2) is 6.68. The molecule has 0 aliphatic heterocycles. The van der Waals surface area contributed by atoms with Crippen molar-refractivity contribution in [3.8, 4) is 0 Å². The fourth-order valence-electron chi connectivity index (χ4n) is 2.89. The molecule has 0 N–H and O–H groups in total. The first-order valence-corrected chi connectivity index (χ1v) is 8.20. The highest BCUT2D eigenvalue weighted by Crippen LogP contribution is 2.26. The van der Waals surface area contributed by atoms with Crippen molar-refractivity contribution in [2.24, 2.45) is 0 Å². The first kappa shape index (κ1) is 17.2. The van der Waals surface area contributed by atoms with Gasteiger partial charge in [-0.2, -0.15) is 10.2 Å². The van der Waals surface area contributed by atoms with Gasteiger partial charge in [0.2, 0.25) is 0 Å². The molecule has 0 atom stereocenters. The lowest BCUT2D eigenvalue weighted by molar-refractivity contribution is -0.386. The van der Waals surface area contributed by atoms with E-state index in [0.717, 1.165) is 16.8 Å². The number of nitrogens with zero attached hydrogens (tertiary/aromatic N) is 5. The van der Waals surface area contributed by atoms with Gasteiger partial charge >= 0.3 is 5.69 Å². The molecule has 8 heteroatoms. The third kappa shape index (κ3) is 3.28. The Morgan fingerprint density at radius 1 is 1.04 bits per heavy atom. The second-order valence-electron chi connectivity index (χ2n) is 5.93. The van der Waals surface area contributed by atoms with Crippen LogP contribution in [0, 0.1) is 30.9 Å². The number of aromatic nitrogens is 4. The Balaban J connectivity index is 1.92. The van der Waals surface area contributed by atoms with Crippen LogP contribution in [0.3, 0.4) is 0 Å². The van der Waals surface area contributed by atoms with Gasteiger partial charge in [0.1, 0.15) is 16.5 Å². The summed E-state index contributed by atoms with van der Waals surface area (Å²) in [5, 5.41) is 20.5. The molecule has 2 aromatic heterocycles. The third-order valence-electron chi connectivity index (χ3n) is 4.19. The Morgan fingerprint density at radius 3 is 2.28 bits per heavy atom. The Kier molecular flexibility index (Phi) is 4.59. The zero-order valence-electron chi connectivity index (χ0n) is 14.2.